The summed E-state index contributed by atoms with van der Waals surface area (Å²) in [5.41, 5.74) is 0.166. The minimum absolute atomic E-state index is 0.160. The molecule has 1 aromatic rings. The standard InChI is InChI=1S/C12H11ClN2O4/c1-7(16)8-2-3-10(11(4-8)15(18)19)14-6-9(13)5-12(14)17/h2-4,9H,5-6H2,1H3. The Morgan fingerprint density at radius 2 is 2.21 bits per heavy atom. The number of benzene rings is 1. The molecule has 100 valence electrons. The number of ketones is 1. The first-order valence-electron chi connectivity index (χ1n) is 5.64. The van der Waals surface area contributed by atoms with Gasteiger partial charge in [-0.25, -0.2) is 0 Å². The van der Waals surface area contributed by atoms with Crippen LogP contribution in [0.3, 0.4) is 0 Å². The van der Waals surface area contributed by atoms with E-state index in [-0.39, 0.29) is 47.0 Å². The summed E-state index contributed by atoms with van der Waals surface area (Å²) in [5.74, 6) is -0.517. The first-order chi connectivity index (χ1) is 8.90. The molecule has 0 aromatic heterocycles. The summed E-state index contributed by atoms with van der Waals surface area (Å²) in [6, 6.07) is 4.08. The van der Waals surface area contributed by atoms with Crippen molar-refractivity contribution in [1.29, 1.82) is 0 Å². The molecule has 0 spiro atoms. The number of amides is 1. The van der Waals surface area contributed by atoms with Crippen molar-refractivity contribution in [3.05, 3.63) is 33.9 Å². The Labute approximate surface area is 114 Å². The van der Waals surface area contributed by atoms with Gasteiger partial charge in [0.2, 0.25) is 5.91 Å². The largest absolute Gasteiger partial charge is 0.305 e. The molecule has 0 saturated carbocycles. The molecule has 6 nitrogen and oxygen atoms in total. The number of carbonyl (C=O) groups is 2. The normalized spacial score (nSPS) is 18.7. The maximum Gasteiger partial charge on any atom is 0.293 e. The Kier molecular flexibility index (Phi) is 3.53. The number of nitro benzene ring substituents is 1. The van der Waals surface area contributed by atoms with Crippen LogP contribution in [-0.2, 0) is 4.79 Å². The molecular weight excluding hydrogens is 272 g/mol. The second-order valence-corrected chi connectivity index (χ2v) is 4.94. The molecule has 0 N–H and O–H groups in total. The number of anilines is 1. The number of alkyl halides is 1. The fourth-order valence-electron chi connectivity index (χ4n) is 2.01. The SMILES string of the molecule is CC(=O)c1ccc(N2CC(Cl)CC2=O)c([N+](=O)[O-])c1. The molecule has 1 heterocycles. The number of hydrogen-bond acceptors (Lipinski definition) is 4. The Balaban J connectivity index is 2.48. The van der Waals surface area contributed by atoms with Crippen LogP contribution in [-0.4, -0.2) is 28.5 Å². The summed E-state index contributed by atoms with van der Waals surface area (Å²) < 4.78 is 0. The Hall–Kier alpha value is -1.95. The summed E-state index contributed by atoms with van der Waals surface area (Å²) in [7, 11) is 0. The van der Waals surface area contributed by atoms with Gasteiger partial charge >= 0.3 is 0 Å². The predicted octanol–water partition coefficient (Wildman–Crippen LogP) is 2.14. The number of carbonyl (C=O) groups excluding carboxylic acids is 2. The van der Waals surface area contributed by atoms with E-state index in [1.54, 1.807) is 0 Å². The number of nitrogens with zero attached hydrogens (tertiary/aromatic N) is 2. The molecule has 2 rings (SSSR count). The molecule has 7 heteroatoms. The monoisotopic (exact) mass is 282 g/mol. The van der Waals surface area contributed by atoms with E-state index in [4.69, 9.17) is 11.6 Å². The number of rotatable bonds is 3. The second-order valence-electron chi connectivity index (χ2n) is 4.32. The fourth-order valence-corrected chi connectivity index (χ4v) is 2.28. The Morgan fingerprint density at radius 3 is 2.68 bits per heavy atom. The van der Waals surface area contributed by atoms with E-state index in [1.807, 2.05) is 0 Å². The fraction of sp³-hybridized carbons (Fsp3) is 0.333. The van der Waals surface area contributed by atoms with Crippen molar-refractivity contribution in [1.82, 2.24) is 0 Å². The zero-order valence-corrected chi connectivity index (χ0v) is 10.9. The van der Waals surface area contributed by atoms with Gasteiger partial charge in [0.1, 0.15) is 5.69 Å². The minimum Gasteiger partial charge on any atom is -0.305 e. The molecule has 1 saturated heterocycles. The lowest BCUT2D eigenvalue weighted by atomic mass is 10.1. The highest BCUT2D eigenvalue weighted by Crippen LogP contribution is 2.33. The van der Waals surface area contributed by atoms with E-state index in [9.17, 15) is 19.7 Å². The van der Waals surface area contributed by atoms with E-state index in [0.29, 0.717) is 0 Å². The van der Waals surface area contributed by atoms with Crippen LogP contribution in [0.25, 0.3) is 0 Å². The number of halogens is 1. The van der Waals surface area contributed by atoms with Crippen molar-refractivity contribution in [3.63, 3.8) is 0 Å². The Bertz CT molecular complexity index is 573. The number of Topliss-reactive ketones (excluding diaryl/α,β-unsaturated/α-hetero) is 1. The molecule has 0 aliphatic carbocycles. The zero-order valence-electron chi connectivity index (χ0n) is 10.1. The van der Waals surface area contributed by atoms with E-state index in [2.05, 4.69) is 0 Å². The predicted molar refractivity (Wildman–Crippen MR) is 69.7 cm³/mol. The van der Waals surface area contributed by atoms with Crippen molar-refractivity contribution in [3.8, 4) is 0 Å². The van der Waals surface area contributed by atoms with Gasteiger partial charge in [0.25, 0.3) is 5.69 Å². The zero-order chi connectivity index (χ0) is 14.2. The Morgan fingerprint density at radius 1 is 1.53 bits per heavy atom. The van der Waals surface area contributed by atoms with E-state index < -0.39 is 4.92 Å². The molecule has 1 unspecified atom stereocenters. The molecule has 0 radical (unpaired) electrons. The lowest BCUT2D eigenvalue weighted by Crippen LogP contribution is -2.25. The molecule has 1 aliphatic heterocycles. The average molecular weight is 283 g/mol. The van der Waals surface area contributed by atoms with Crippen molar-refractivity contribution in [2.45, 2.75) is 18.7 Å². The molecule has 1 fully saturated rings. The smallest absolute Gasteiger partial charge is 0.293 e. The average Bonchev–Trinajstić information content (AvgIpc) is 2.67. The van der Waals surface area contributed by atoms with Gasteiger partial charge in [-0.15, -0.1) is 11.6 Å². The third-order valence-electron chi connectivity index (χ3n) is 2.95. The molecule has 1 aliphatic rings. The highest BCUT2D eigenvalue weighted by atomic mass is 35.5. The highest BCUT2D eigenvalue weighted by Gasteiger charge is 2.33. The lowest BCUT2D eigenvalue weighted by molar-refractivity contribution is -0.384. The van der Waals surface area contributed by atoms with Crippen molar-refractivity contribution in [2.24, 2.45) is 0 Å². The van der Waals surface area contributed by atoms with Gasteiger partial charge < -0.3 is 4.90 Å². The van der Waals surface area contributed by atoms with Crippen molar-refractivity contribution >= 4 is 34.7 Å². The molecular formula is C12H11ClN2O4. The maximum absolute atomic E-state index is 11.7. The van der Waals surface area contributed by atoms with Crippen LogP contribution in [0.4, 0.5) is 11.4 Å². The summed E-state index contributed by atoms with van der Waals surface area (Å²) in [6.07, 6.45) is 0.160. The first kappa shape index (κ1) is 13.5. The van der Waals surface area contributed by atoms with Gasteiger partial charge in [-0.1, -0.05) is 0 Å². The van der Waals surface area contributed by atoms with Gasteiger partial charge in [0.15, 0.2) is 5.78 Å². The molecule has 1 atom stereocenters. The molecule has 19 heavy (non-hydrogen) atoms. The highest BCUT2D eigenvalue weighted by molar-refractivity contribution is 6.24. The van der Waals surface area contributed by atoms with Crippen molar-refractivity contribution < 1.29 is 14.5 Å². The summed E-state index contributed by atoms with van der Waals surface area (Å²) in [4.78, 5) is 34.7. The quantitative estimate of drug-likeness (QED) is 0.368. The van der Waals surface area contributed by atoms with E-state index >= 15 is 0 Å². The molecule has 0 bridgehead atoms. The van der Waals surface area contributed by atoms with Gasteiger partial charge in [0.05, 0.1) is 10.3 Å². The first-order valence-corrected chi connectivity index (χ1v) is 6.07. The maximum atomic E-state index is 11.7. The van der Waals surface area contributed by atoms with Crippen LogP contribution >= 0.6 is 11.6 Å². The number of nitro groups is 1. The van der Waals surface area contributed by atoms with Gasteiger partial charge in [-0.05, 0) is 19.1 Å². The van der Waals surface area contributed by atoms with Crippen LogP contribution in [0.2, 0.25) is 0 Å². The van der Waals surface area contributed by atoms with Crippen LogP contribution in [0.1, 0.15) is 23.7 Å². The third kappa shape index (κ3) is 2.58. The lowest BCUT2D eigenvalue weighted by Gasteiger charge is -2.16. The van der Waals surface area contributed by atoms with Crippen LogP contribution in [0.15, 0.2) is 18.2 Å². The molecule has 1 aromatic carbocycles. The molecule has 1 amide bonds. The van der Waals surface area contributed by atoms with Crippen LogP contribution in [0, 0.1) is 10.1 Å². The topological polar surface area (TPSA) is 80.5 Å². The van der Waals surface area contributed by atoms with Crippen LogP contribution in [0.5, 0.6) is 0 Å². The summed E-state index contributed by atoms with van der Waals surface area (Å²) in [5, 5.41) is 10.7. The van der Waals surface area contributed by atoms with E-state index in [0.717, 1.165) is 0 Å². The van der Waals surface area contributed by atoms with Crippen LogP contribution < -0.4 is 4.90 Å². The summed E-state index contributed by atoms with van der Waals surface area (Å²) >= 11 is 5.88. The van der Waals surface area contributed by atoms with Gasteiger partial charge in [0, 0.05) is 24.6 Å². The van der Waals surface area contributed by atoms with Crippen molar-refractivity contribution in [2.75, 3.05) is 11.4 Å². The second kappa shape index (κ2) is 4.97. The van der Waals surface area contributed by atoms with Gasteiger partial charge in [-0.3, -0.25) is 19.7 Å². The van der Waals surface area contributed by atoms with Gasteiger partial charge in [-0.2, -0.15) is 0 Å². The minimum atomic E-state index is -0.601. The summed E-state index contributed by atoms with van der Waals surface area (Å²) in [6.45, 7) is 1.56. The van der Waals surface area contributed by atoms with E-state index in [1.165, 1.54) is 30.0 Å². The third-order valence-corrected chi connectivity index (χ3v) is 3.24. The number of hydrogen-bond donors (Lipinski definition) is 0.